The molecule has 1 saturated heterocycles. The molecule has 1 N–H and O–H groups in total. The van der Waals surface area contributed by atoms with Gasteiger partial charge in [0.2, 0.25) is 5.91 Å². The summed E-state index contributed by atoms with van der Waals surface area (Å²) in [5.41, 5.74) is -1.48. The third kappa shape index (κ3) is 5.30. The molecule has 0 radical (unpaired) electrons. The first-order chi connectivity index (χ1) is 13.5. The van der Waals surface area contributed by atoms with Crippen molar-refractivity contribution >= 4 is 47.0 Å². The highest BCUT2D eigenvalue weighted by atomic mass is 35.5. The molecule has 1 aromatic carbocycles. The molecule has 9 heteroatoms. The van der Waals surface area contributed by atoms with Crippen LogP contribution in [0, 0.1) is 11.3 Å². The quantitative estimate of drug-likeness (QED) is 0.714. The monoisotopic (exact) mass is 455 g/mol. The summed E-state index contributed by atoms with van der Waals surface area (Å²) in [6.07, 6.45) is 1.12. The molecule has 6 nitrogen and oxygen atoms in total. The first-order valence-electron chi connectivity index (χ1n) is 9.37. The van der Waals surface area contributed by atoms with E-state index < -0.39 is 23.3 Å². The number of nitriles is 1. The highest BCUT2D eigenvalue weighted by Crippen LogP contribution is 2.41. The predicted molar refractivity (Wildman–Crippen MR) is 113 cm³/mol. The lowest BCUT2D eigenvalue weighted by Crippen LogP contribution is -2.50. The lowest BCUT2D eigenvalue weighted by atomic mass is 10.2. The summed E-state index contributed by atoms with van der Waals surface area (Å²) in [5, 5.41) is 13.1. The lowest BCUT2D eigenvalue weighted by molar-refractivity contribution is -0.126. The molecule has 2 atom stereocenters. The maximum atomic E-state index is 12.9. The SMILES string of the molecule is CC(C)(C)OC(=O)N1C[C@H](Sc2c(Cl)cccc2Cl)C[C@H]1C(=O)NC1(C#N)CC1. The summed E-state index contributed by atoms with van der Waals surface area (Å²) < 4.78 is 5.50. The van der Waals surface area contributed by atoms with Crippen LogP contribution in [0.3, 0.4) is 0 Å². The maximum Gasteiger partial charge on any atom is 0.411 e. The Morgan fingerprint density at radius 1 is 1.31 bits per heavy atom. The second-order valence-electron chi connectivity index (χ2n) is 8.36. The number of ether oxygens (including phenoxy) is 1. The molecule has 156 valence electrons. The normalized spacial score (nSPS) is 22.7. The van der Waals surface area contributed by atoms with Crippen LogP contribution < -0.4 is 5.32 Å². The fraction of sp³-hybridized carbons (Fsp3) is 0.550. The standard InChI is InChI=1S/C20H23Cl2N3O3S/c1-19(2,3)28-18(27)25-10-12(29-16-13(21)5-4-6-14(16)22)9-15(25)17(26)24-20(11-23)7-8-20/h4-6,12,15H,7-10H2,1-3H3,(H,24,26)/t12-,15+/m1/s1. The van der Waals surface area contributed by atoms with E-state index in [-0.39, 0.29) is 11.2 Å². The van der Waals surface area contributed by atoms with Gasteiger partial charge in [0.15, 0.2) is 0 Å². The van der Waals surface area contributed by atoms with Crippen LogP contribution in [0.15, 0.2) is 23.1 Å². The molecule has 3 rings (SSSR count). The second-order valence-corrected chi connectivity index (χ2v) is 10.5. The van der Waals surface area contributed by atoms with Gasteiger partial charge < -0.3 is 10.1 Å². The second kappa shape index (κ2) is 8.25. The van der Waals surface area contributed by atoms with Crippen molar-refractivity contribution in [2.75, 3.05) is 6.54 Å². The molecule has 0 unspecified atom stereocenters. The lowest BCUT2D eigenvalue weighted by Gasteiger charge is -2.28. The molecule has 0 spiro atoms. The van der Waals surface area contributed by atoms with Crippen molar-refractivity contribution < 1.29 is 14.3 Å². The Balaban J connectivity index is 1.79. The third-order valence-corrected chi connectivity index (χ3v) is 6.93. The van der Waals surface area contributed by atoms with Gasteiger partial charge in [0.05, 0.1) is 16.1 Å². The Kier molecular flexibility index (Phi) is 6.28. The first-order valence-corrected chi connectivity index (χ1v) is 11.0. The Hall–Kier alpha value is -1.62. The van der Waals surface area contributed by atoms with Crippen LogP contribution in [0.25, 0.3) is 0 Å². The van der Waals surface area contributed by atoms with Crippen molar-refractivity contribution in [1.82, 2.24) is 10.2 Å². The number of hydrogen-bond acceptors (Lipinski definition) is 5. The van der Waals surface area contributed by atoms with Crippen LogP contribution in [-0.2, 0) is 9.53 Å². The van der Waals surface area contributed by atoms with E-state index in [4.69, 9.17) is 27.9 Å². The van der Waals surface area contributed by atoms with Crippen molar-refractivity contribution in [1.29, 1.82) is 5.26 Å². The van der Waals surface area contributed by atoms with Crippen LogP contribution in [0.4, 0.5) is 4.79 Å². The number of hydrogen-bond donors (Lipinski definition) is 1. The molecule has 1 aliphatic heterocycles. The number of likely N-dealkylation sites (tertiary alicyclic amines) is 1. The number of carbonyl (C=O) groups excluding carboxylic acids is 2. The average Bonchev–Trinajstić information content (AvgIpc) is 3.25. The zero-order chi connectivity index (χ0) is 21.4. The molecule has 1 saturated carbocycles. The molecule has 0 aromatic heterocycles. The fourth-order valence-corrected chi connectivity index (χ4v) is 5.00. The Labute approximate surface area is 184 Å². The van der Waals surface area contributed by atoms with Gasteiger partial charge in [-0.05, 0) is 52.2 Å². The first kappa shape index (κ1) is 22.1. The van der Waals surface area contributed by atoms with Crippen molar-refractivity contribution in [2.45, 2.75) is 67.4 Å². The van der Waals surface area contributed by atoms with Crippen molar-refractivity contribution in [3.8, 4) is 6.07 Å². The molecule has 1 aliphatic carbocycles. The number of halogens is 2. The Morgan fingerprint density at radius 3 is 2.45 bits per heavy atom. The van der Waals surface area contributed by atoms with Gasteiger partial charge in [-0.3, -0.25) is 9.69 Å². The summed E-state index contributed by atoms with van der Waals surface area (Å²) in [6.45, 7) is 5.65. The van der Waals surface area contributed by atoms with Gasteiger partial charge in [0.1, 0.15) is 17.2 Å². The summed E-state index contributed by atoms with van der Waals surface area (Å²) in [6, 6.07) is 6.71. The van der Waals surface area contributed by atoms with E-state index in [1.165, 1.54) is 16.7 Å². The number of amides is 2. The molecule has 29 heavy (non-hydrogen) atoms. The van der Waals surface area contributed by atoms with Gasteiger partial charge in [-0.1, -0.05) is 29.3 Å². The highest BCUT2D eigenvalue weighted by molar-refractivity contribution is 8.00. The largest absolute Gasteiger partial charge is 0.444 e. The minimum atomic E-state index is -0.798. The molecular formula is C20H23Cl2N3O3S. The van der Waals surface area contributed by atoms with Crippen LogP contribution in [0.2, 0.25) is 10.0 Å². The molecule has 2 aliphatic rings. The topological polar surface area (TPSA) is 82.4 Å². The minimum absolute atomic E-state index is 0.0899. The summed E-state index contributed by atoms with van der Waals surface area (Å²) in [7, 11) is 0. The van der Waals surface area contributed by atoms with E-state index in [0.717, 1.165) is 4.90 Å². The maximum absolute atomic E-state index is 12.9. The van der Waals surface area contributed by atoms with Crippen LogP contribution in [0.1, 0.15) is 40.0 Å². The van der Waals surface area contributed by atoms with E-state index in [9.17, 15) is 14.9 Å². The number of rotatable bonds is 4. The smallest absolute Gasteiger partial charge is 0.411 e. The number of nitrogens with zero attached hydrogens (tertiary/aromatic N) is 2. The van der Waals surface area contributed by atoms with Gasteiger partial charge >= 0.3 is 6.09 Å². The summed E-state index contributed by atoms with van der Waals surface area (Å²) in [4.78, 5) is 27.8. The average molecular weight is 456 g/mol. The highest BCUT2D eigenvalue weighted by Gasteiger charge is 2.49. The Bertz CT molecular complexity index is 841. The zero-order valence-corrected chi connectivity index (χ0v) is 18.8. The summed E-state index contributed by atoms with van der Waals surface area (Å²) >= 11 is 14.0. The van der Waals surface area contributed by atoms with Gasteiger partial charge in [0, 0.05) is 16.7 Å². The predicted octanol–water partition coefficient (Wildman–Crippen LogP) is 4.64. The molecule has 0 bridgehead atoms. The van der Waals surface area contributed by atoms with Crippen molar-refractivity contribution in [3.05, 3.63) is 28.2 Å². The van der Waals surface area contributed by atoms with Gasteiger partial charge in [0.25, 0.3) is 0 Å². The van der Waals surface area contributed by atoms with Crippen LogP contribution in [0.5, 0.6) is 0 Å². The third-order valence-electron chi connectivity index (χ3n) is 4.72. The van der Waals surface area contributed by atoms with Gasteiger partial charge in [-0.2, -0.15) is 5.26 Å². The van der Waals surface area contributed by atoms with E-state index in [1.54, 1.807) is 39.0 Å². The molecule has 2 amide bonds. The molecular weight excluding hydrogens is 433 g/mol. The van der Waals surface area contributed by atoms with E-state index in [2.05, 4.69) is 11.4 Å². The van der Waals surface area contributed by atoms with E-state index >= 15 is 0 Å². The zero-order valence-electron chi connectivity index (χ0n) is 16.5. The number of nitrogens with one attached hydrogen (secondary N) is 1. The minimum Gasteiger partial charge on any atom is -0.444 e. The molecule has 1 aromatic rings. The van der Waals surface area contributed by atoms with Crippen molar-refractivity contribution in [3.63, 3.8) is 0 Å². The number of benzene rings is 1. The molecule has 1 heterocycles. The van der Waals surface area contributed by atoms with E-state index in [0.29, 0.717) is 35.9 Å². The summed E-state index contributed by atoms with van der Waals surface area (Å²) in [5.74, 6) is -0.330. The van der Waals surface area contributed by atoms with E-state index in [1.807, 2.05) is 0 Å². The number of thioether (sulfide) groups is 1. The van der Waals surface area contributed by atoms with Gasteiger partial charge in [-0.25, -0.2) is 4.79 Å². The number of carbonyl (C=O) groups is 2. The fourth-order valence-electron chi connectivity index (χ4n) is 3.12. The van der Waals surface area contributed by atoms with Crippen LogP contribution in [-0.4, -0.2) is 45.9 Å². The Morgan fingerprint density at radius 2 is 1.93 bits per heavy atom. The van der Waals surface area contributed by atoms with Gasteiger partial charge in [-0.15, -0.1) is 11.8 Å². The molecule has 2 fully saturated rings. The van der Waals surface area contributed by atoms with Crippen LogP contribution >= 0.6 is 35.0 Å². The van der Waals surface area contributed by atoms with Crippen molar-refractivity contribution in [2.24, 2.45) is 0 Å².